The van der Waals surface area contributed by atoms with E-state index in [0.29, 0.717) is 11.5 Å². The van der Waals surface area contributed by atoms with Crippen LogP contribution in [0.15, 0.2) is 194 Å². The van der Waals surface area contributed by atoms with Crippen LogP contribution in [0.3, 0.4) is 0 Å². The molecule has 0 saturated heterocycles. The molecule has 2 aliphatic heterocycles. The van der Waals surface area contributed by atoms with Crippen molar-refractivity contribution in [3.05, 3.63) is 213 Å². The normalized spacial score (nSPS) is 13.3. The molecule has 0 spiro atoms. The van der Waals surface area contributed by atoms with E-state index < -0.39 is 0 Å². The number of para-hydroxylation sites is 3. The summed E-state index contributed by atoms with van der Waals surface area (Å²) in [5, 5.41) is 2.22. The van der Waals surface area contributed by atoms with E-state index in [1.54, 1.807) is 0 Å². The number of pyridine rings is 1. The first-order chi connectivity index (χ1) is 28.7. The zero-order valence-corrected chi connectivity index (χ0v) is 34.3. The third kappa shape index (κ3) is 6.30. The van der Waals surface area contributed by atoms with E-state index in [9.17, 15) is 0 Å². The minimum absolute atomic E-state index is 0. The summed E-state index contributed by atoms with van der Waals surface area (Å²) in [5.74, 6) is 2.02. The monoisotopic (exact) mass is 939 g/mol. The minimum atomic E-state index is 0. The van der Waals surface area contributed by atoms with Gasteiger partial charge in [-0.25, -0.2) is 4.98 Å². The first-order valence-corrected chi connectivity index (χ1v) is 19.5. The van der Waals surface area contributed by atoms with Crippen LogP contribution in [0.2, 0.25) is 6.82 Å². The molecule has 11 rings (SSSR count). The summed E-state index contributed by atoms with van der Waals surface area (Å²) in [6, 6.07) is 68.4. The second-order valence-electron chi connectivity index (χ2n) is 14.5. The van der Waals surface area contributed by atoms with Gasteiger partial charge in [-0.3, -0.25) is 0 Å². The number of rotatable bonds is 7. The molecule has 0 N–H and O–H groups in total. The van der Waals surface area contributed by atoms with Gasteiger partial charge in [0.15, 0.2) is 0 Å². The Morgan fingerprint density at radius 3 is 1.97 bits per heavy atom. The number of fused-ring (bicyclic) bond motifs is 6. The summed E-state index contributed by atoms with van der Waals surface area (Å²) in [6.07, 6.45) is 4.09. The molecule has 59 heavy (non-hydrogen) atoms. The number of nitrogens with zero attached hydrogens (tertiary/aromatic N) is 5. The van der Waals surface area contributed by atoms with Gasteiger partial charge in [-0.1, -0.05) is 145 Å². The maximum atomic E-state index is 6.68. The van der Waals surface area contributed by atoms with Gasteiger partial charge in [-0.2, -0.15) is 6.07 Å². The van der Waals surface area contributed by atoms with Crippen LogP contribution >= 0.6 is 0 Å². The molecule has 0 amide bonds. The van der Waals surface area contributed by atoms with Gasteiger partial charge in [-0.05, 0) is 58.6 Å². The first kappa shape index (κ1) is 36.5. The summed E-state index contributed by atoms with van der Waals surface area (Å²) in [6.45, 7) is 4.47. The van der Waals surface area contributed by atoms with Gasteiger partial charge in [0.2, 0.25) is 0 Å². The van der Waals surface area contributed by atoms with Crippen molar-refractivity contribution < 1.29 is 25.8 Å². The first-order valence-electron chi connectivity index (χ1n) is 19.5. The molecule has 0 bridgehead atoms. The van der Waals surface area contributed by atoms with Gasteiger partial charge in [0.05, 0.1) is 0 Å². The minimum Gasteiger partial charge on any atom is -0.509 e. The number of benzene rings is 7. The molecular weight excluding hydrogens is 904 g/mol. The zero-order valence-electron chi connectivity index (χ0n) is 32.0. The quantitative estimate of drug-likeness (QED) is 0.118. The standard InChI is InChI=1S/C51H35BN5O.Pt/c1-52-49-34-54(51-41(36-16-5-2-6-17-36)23-15-24-42(51)37-18-7-3-8-19-37)35-55(49)48-33-40(28-30-46(48)57(52)38-20-9-4-10-21-38)58-39-27-29-44-43-22-11-12-25-45(43)56(47(44)32-39)50-26-13-14-31-53-50;/h2-31,34-35H,1H3;/q-3;. The summed E-state index contributed by atoms with van der Waals surface area (Å²) >= 11 is 0. The van der Waals surface area contributed by atoms with Crippen LogP contribution in [0.25, 0.3) is 49.9 Å². The van der Waals surface area contributed by atoms with Gasteiger partial charge in [0.1, 0.15) is 5.82 Å². The number of hydrogen-bond acceptors (Lipinski definition) is 5. The van der Waals surface area contributed by atoms with E-state index in [2.05, 4.69) is 197 Å². The molecule has 0 aliphatic carbocycles. The van der Waals surface area contributed by atoms with Crippen molar-refractivity contribution in [3.63, 3.8) is 0 Å². The second-order valence-corrected chi connectivity index (χ2v) is 14.5. The SMILES string of the molecule is CB1C2=CN(c3c(-c4ccccc4)cccc3-c3ccccc3)[CH-]N2c2[c-]c(Oc3[c-]c4c(cc3)c3ccccc3n4-c3ccccn3)ccc2N1c1ccccc1.[Pt]. The topological polar surface area (TPSA) is 36.8 Å². The van der Waals surface area contributed by atoms with Crippen LogP contribution in [0.1, 0.15) is 0 Å². The largest absolute Gasteiger partial charge is 0.509 e. The smallest absolute Gasteiger partial charge is 0.295 e. The summed E-state index contributed by atoms with van der Waals surface area (Å²) in [7, 11) is 0. The molecular formula is C51H35BN5OPt-3. The maximum Gasteiger partial charge on any atom is 0.295 e. The van der Waals surface area contributed by atoms with Crippen molar-refractivity contribution in [1.82, 2.24) is 9.55 Å². The predicted octanol–water partition coefficient (Wildman–Crippen LogP) is 12.5. The number of hydrogen-bond donors (Lipinski definition) is 0. The molecule has 8 heteroatoms. The molecule has 0 unspecified atom stereocenters. The second kappa shape index (κ2) is 15.2. The third-order valence-electron chi connectivity index (χ3n) is 11.1. The van der Waals surface area contributed by atoms with Crippen LogP contribution in [-0.4, -0.2) is 16.4 Å². The molecule has 6 nitrogen and oxygen atoms in total. The molecule has 0 atom stereocenters. The molecule has 7 aromatic carbocycles. The number of ether oxygens (including phenoxy) is 1. The van der Waals surface area contributed by atoms with E-state index >= 15 is 0 Å². The summed E-state index contributed by atoms with van der Waals surface area (Å²) < 4.78 is 8.83. The Bertz CT molecular complexity index is 2940. The van der Waals surface area contributed by atoms with Gasteiger partial charge < -0.3 is 23.9 Å². The van der Waals surface area contributed by atoms with Crippen molar-refractivity contribution >= 4 is 51.4 Å². The van der Waals surface area contributed by atoms with E-state index in [1.165, 1.54) is 0 Å². The van der Waals surface area contributed by atoms with Crippen molar-refractivity contribution in [1.29, 1.82) is 0 Å². The molecule has 0 radical (unpaired) electrons. The van der Waals surface area contributed by atoms with Crippen LogP contribution in [-0.2, 0) is 21.1 Å². The molecule has 2 aromatic heterocycles. The Morgan fingerprint density at radius 1 is 0.610 bits per heavy atom. The Kier molecular flexibility index (Phi) is 9.39. The van der Waals surface area contributed by atoms with Crippen LogP contribution in [0.5, 0.6) is 11.5 Å². The van der Waals surface area contributed by atoms with E-state index in [1.807, 2.05) is 36.5 Å². The Labute approximate surface area is 358 Å². The average Bonchev–Trinajstić information content (AvgIpc) is 3.88. The van der Waals surface area contributed by atoms with E-state index in [4.69, 9.17) is 9.72 Å². The Morgan fingerprint density at radius 2 is 1.25 bits per heavy atom. The Hall–Kier alpha value is -6.82. The van der Waals surface area contributed by atoms with Crippen molar-refractivity contribution in [2.24, 2.45) is 0 Å². The molecule has 2 aliphatic rings. The molecule has 0 saturated carbocycles. The van der Waals surface area contributed by atoms with Gasteiger partial charge in [0, 0.05) is 66.8 Å². The van der Waals surface area contributed by atoms with Crippen LogP contribution < -0.4 is 19.3 Å². The van der Waals surface area contributed by atoms with Crippen LogP contribution in [0, 0.1) is 18.8 Å². The van der Waals surface area contributed by atoms with Gasteiger partial charge in [-0.15, -0.1) is 42.4 Å². The van der Waals surface area contributed by atoms with Crippen molar-refractivity contribution in [2.75, 3.05) is 14.6 Å². The molecule has 0 fully saturated rings. The van der Waals surface area contributed by atoms with Crippen molar-refractivity contribution in [2.45, 2.75) is 6.82 Å². The summed E-state index contributed by atoms with van der Waals surface area (Å²) in [4.78, 5) is 11.6. The fourth-order valence-corrected chi connectivity index (χ4v) is 8.53. The fraction of sp³-hybridized carbons (Fsp3) is 0.0196. The predicted molar refractivity (Wildman–Crippen MR) is 238 cm³/mol. The zero-order chi connectivity index (χ0) is 38.6. The summed E-state index contributed by atoms with van der Waals surface area (Å²) in [5.41, 5.74) is 11.9. The molecule has 9 aromatic rings. The number of anilines is 4. The van der Waals surface area contributed by atoms with Crippen molar-refractivity contribution in [3.8, 4) is 39.6 Å². The van der Waals surface area contributed by atoms with Gasteiger partial charge in [0.25, 0.3) is 6.85 Å². The van der Waals surface area contributed by atoms with Crippen LogP contribution in [0.4, 0.5) is 22.7 Å². The third-order valence-corrected chi connectivity index (χ3v) is 11.1. The number of aromatic nitrogens is 2. The molecule has 4 heterocycles. The van der Waals surface area contributed by atoms with E-state index in [-0.39, 0.29) is 27.9 Å². The maximum absolute atomic E-state index is 6.68. The van der Waals surface area contributed by atoms with E-state index in [0.717, 1.165) is 78.2 Å². The van der Waals surface area contributed by atoms with Gasteiger partial charge >= 0.3 is 0 Å². The molecule has 286 valence electrons. The Balaban J connectivity index is 0.00000420. The fourth-order valence-electron chi connectivity index (χ4n) is 8.53. The average molecular weight is 940 g/mol.